The highest BCUT2D eigenvalue weighted by atomic mass is 32.1. The van der Waals surface area contributed by atoms with Crippen LogP contribution in [0.5, 0.6) is 0 Å². The van der Waals surface area contributed by atoms with E-state index < -0.39 is 7.55 Å². The highest BCUT2D eigenvalue weighted by Crippen LogP contribution is 2.20. The smallest absolute Gasteiger partial charge is 0.0361 e. The maximum Gasteiger partial charge on any atom is 0.0361 e. The van der Waals surface area contributed by atoms with Crippen molar-refractivity contribution in [1.29, 1.82) is 0 Å². The van der Waals surface area contributed by atoms with E-state index in [4.69, 9.17) is 5.73 Å². The van der Waals surface area contributed by atoms with Crippen LogP contribution < -0.4 is 20.8 Å². The zero-order chi connectivity index (χ0) is 13.3. The second kappa shape index (κ2) is 5.17. The third-order valence-electron chi connectivity index (χ3n) is 2.83. The Bertz CT molecular complexity index is 753. The number of allylic oxidation sites excluding steroid dienone is 1. The largest absolute Gasteiger partial charge is 0.399 e. The first-order chi connectivity index (χ1) is 8.54. The van der Waals surface area contributed by atoms with Crippen molar-refractivity contribution >= 4 is 52.7 Å². The molecular weight excluding hydrogens is 257 g/mol. The summed E-state index contributed by atoms with van der Waals surface area (Å²) >= 11 is 1.80. The third-order valence-corrected chi connectivity index (χ3v) is 5.40. The van der Waals surface area contributed by atoms with Gasteiger partial charge in [0.1, 0.15) is 0 Å². The van der Waals surface area contributed by atoms with E-state index in [-0.39, 0.29) is 0 Å². The standard InChI is InChI=1S/C15H18NPS/c1-5-13-11(9-10(2)16)15-12(17(3)4)7-6-8-14(15)18-13/h5-9,17H,2-3,16H2,1,4H3/b11-9+,13-5+. The van der Waals surface area contributed by atoms with E-state index in [1.165, 1.54) is 25.1 Å². The Hall–Kier alpha value is -1.24. The Kier molecular flexibility index (Phi) is 3.79. The van der Waals surface area contributed by atoms with Crippen molar-refractivity contribution in [2.45, 2.75) is 6.92 Å². The summed E-state index contributed by atoms with van der Waals surface area (Å²) < 4.78 is 2.56. The summed E-state index contributed by atoms with van der Waals surface area (Å²) in [6.07, 6.45) is 8.35. The van der Waals surface area contributed by atoms with E-state index in [1.54, 1.807) is 11.3 Å². The monoisotopic (exact) mass is 275 g/mol. The van der Waals surface area contributed by atoms with Gasteiger partial charge in [-0.25, -0.2) is 0 Å². The maximum atomic E-state index is 5.76. The van der Waals surface area contributed by atoms with Gasteiger partial charge in [-0.2, -0.15) is 0 Å². The Morgan fingerprint density at radius 3 is 2.72 bits per heavy atom. The molecule has 2 rings (SSSR count). The van der Waals surface area contributed by atoms with Crippen molar-refractivity contribution in [1.82, 2.24) is 0 Å². The molecule has 0 aliphatic heterocycles. The maximum absolute atomic E-state index is 5.76. The predicted octanol–water partition coefficient (Wildman–Crippen LogP) is 1.86. The molecule has 0 bridgehead atoms. The summed E-state index contributed by atoms with van der Waals surface area (Å²) in [6, 6.07) is 6.47. The molecule has 1 aromatic heterocycles. The first kappa shape index (κ1) is 13.2. The summed E-state index contributed by atoms with van der Waals surface area (Å²) in [5.41, 5.74) is 6.36. The van der Waals surface area contributed by atoms with Crippen LogP contribution in [0.3, 0.4) is 0 Å². The second-order valence-corrected chi connectivity index (χ2v) is 7.53. The van der Waals surface area contributed by atoms with Crippen LogP contribution in [0.2, 0.25) is 0 Å². The fourth-order valence-electron chi connectivity index (χ4n) is 2.09. The quantitative estimate of drug-likeness (QED) is 0.832. The van der Waals surface area contributed by atoms with E-state index in [2.05, 4.69) is 50.7 Å². The molecule has 0 aliphatic rings. The topological polar surface area (TPSA) is 26.0 Å². The van der Waals surface area contributed by atoms with Crippen molar-refractivity contribution < 1.29 is 0 Å². The molecule has 1 heterocycles. The highest BCUT2D eigenvalue weighted by Gasteiger charge is 2.06. The Labute approximate surface area is 112 Å². The normalized spacial score (nSPS) is 15.2. The molecule has 0 fully saturated rings. The molecule has 0 spiro atoms. The molecule has 1 aromatic carbocycles. The fraction of sp³-hybridized carbons (Fsp3) is 0.133. The lowest BCUT2D eigenvalue weighted by Crippen LogP contribution is -2.22. The first-order valence-corrected chi connectivity index (χ1v) is 8.87. The number of hydrogen-bond donors (Lipinski definition) is 1. The van der Waals surface area contributed by atoms with E-state index in [0.29, 0.717) is 5.70 Å². The zero-order valence-corrected chi connectivity index (χ0v) is 12.6. The van der Waals surface area contributed by atoms with Crippen LogP contribution in [0.25, 0.3) is 22.2 Å². The van der Waals surface area contributed by atoms with E-state index >= 15 is 0 Å². The Morgan fingerprint density at radius 2 is 2.17 bits per heavy atom. The van der Waals surface area contributed by atoms with Crippen LogP contribution in [-0.2, 0) is 0 Å². The van der Waals surface area contributed by atoms with E-state index in [9.17, 15) is 0 Å². The van der Waals surface area contributed by atoms with Crippen molar-refractivity contribution in [2.75, 3.05) is 6.66 Å². The third kappa shape index (κ3) is 2.31. The molecule has 3 heteroatoms. The number of thiophene rings is 1. The highest BCUT2D eigenvalue weighted by molar-refractivity contribution is 7.63. The SMILES string of the molecule is C=C(N)/C=c1\c(=C/C)sc2cccc([PH](=C)C)c12. The van der Waals surface area contributed by atoms with Gasteiger partial charge in [0.2, 0.25) is 0 Å². The number of rotatable bonds is 2. The lowest BCUT2D eigenvalue weighted by atomic mass is 10.2. The molecule has 0 saturated carbocycles. The minimum atomic E-state index is -0.737. The van der Waals surface area contributed by atoms with Gasteiger partial charge in [0.05, 0.1) is 0 Å². The minimum absolute atomic E-state index is 0.599. The average molecular weight is 275 g/mol. The molecule has 1 atom stereocenters. The van der Waals surface area contributed by atoms with Gasteiger partial charge in [0.25, 0.3) is 0 Å². The molecule has 2 aromatic rings. The van der Waals surface area contributed by atoms with Gasteiger partial charge in [0, 0.05) is 25.5 Å². The van der Waals surface area contributed by atoms with Crippen LogP contribution in [0.15, 0.2) is 30.5 Å². The van der Waals surface area contributed by atoms with Gasteiger partial charge < -0.3 is 5.73 Å². The lowest BCUT2D eigenvalue weighted by molar-refractivity contribution is 1.50. The van der Waals surface area contributed by atoms with Crippen LogP contribution in [0.4, 0.5) is 0 Å². The molecule has 1 unspecified atom stereocenters. The molecule has 0 saturated heterocycles. The fourth-order valence-corrected chi connectivity index (χ4v) is 4.35. The summed E-state index contributed by atoms with van der Waals surface area (Å²) in [4.78, 5) is 0. The van der Waals surface area contributed by atoms with Gasteiger partial charge in [-0.05, 0) is 31.0 Å². The molecular formula is C15H18NPS. The van der Waals surface area contributed by atoms with Gasteiger partial charge in [-0.15, -0.1) is 11.3 Å². The number of benzene rings is 1. The Balaban J connectivity index is 3.07. The molecule has 0 radical (unpaired) electrons. The van der Waals surface area contributed by atoms with Crippen LogP contribution in [0.1, 0.15) is 6.92 Å². The zero-order valence-electron chi connectivity index (χ0n) is 10.8. The molecule has 1 nitrogen and oxygen atoms in total. The van der Waals surface area contributed by atoms with Crippen molar-refractivity contribution in [3.05, 3.63) is 40.2 Å². The molecule has 2 N–H and O–H groups in total. The van der Waals surface area contributed by atoms with Crippen molar-refractivity contribution in [3.63, 3.8) is 0 Å². The number of nitrogens with two attached hydrogens (primary N) is 1. The summed E-state index contributed by atoms with van der Waals surface area (Å²) in [5.74, 6) is 0. The summed E-state index contributed by atoms with van der Waals surface area (Å²) in [6.45, 7) is 8.07. The van der Waals surface area contributed by atoms with E-state index in [0.717, 1.165) is 0 Å². The molecule has 94 valence electrons. The summed E-state index contributed by atoms with van der Waals surface area (Å²) in [7, 11) is -0.737. The van der Waals surface area contributed by atoms with Gasteiger partial charge in [-0.3, -0.25) is 0 Å². The Morgan fingerprint density at radius 1 is 1.44 bits per heavy atom. The van der Waals surface area contributed by atoms with Crippen LogP contribution >= 0.6 is 18.9 Å². The predicted molar refractivity (Wildman–Crippen MR) is 90.0 cm³/mol. The molecule has 18 heavy (non-hydrogen) atoms. The van der Waals surface area contributed by atoms with Crippen LogP contribution in [0, 0.1) is 0 Å². The van der Waals surface area contributed by atoms with E-state index in [1.807, 2.05) is 6.08 Å². The van der Waals surface area contributed by atoms with Gasteiger partial charge in [0.15, 0.2) is 0 Å². The minimum Gasteiger partial charge on any atom is -0.399 e. The number of fused-ring (bicyclic) bond motifs is 1. The van der Waals surface area contributed by atoms with Gasteiger partial charge >= 0.3 is 0 Å². The lowest BCUT2D eigenvalue weighted by Gasteiger charge is -2.02. The number of hydrogen-bond acceptors (Lipinski definition) is 2. The molecule has 0 amide bonds. The molecule has 0 aliphatic carbocycles. The van der Waals surface area contributed by atoms with Gasteiger partial charge in [-0.1, -0.05) is 38.6 Å². The summed E-state index contributed by atoms with van der Waals surface area (Å²) in [5, 5.41) is 3.89. The van der Waals surface area contributed by atoms with Crippen molar-refractivity contribution in [3.8, 4) is 0 Å². The average Bonchev–Trinajstić information content (AvgIpc) is 2.66. The van der Waals surface area contributed by atoms with Crippen LogP contribution in [-0.4, -0.2) is 13.0 Å². The first-order valence-electron chi connectivity index (χ1n) is 5.84. The van der Waals surface area contributed by atoms with Crippen molar-refractivity contribution in [2.24, 2.45) is 5.73 Å². The second-order valence-electron chi connectivity index (χ2n) is 4.35.